The van der Waals surface area contributed by atoms with Gasteiger partial charge in [-0.25, -0.2) is 5.43 Å². The monoisotopic (exact) mass is 382 g/mol. The van der Waals surface area contributed by atoms with Crippen LogP contribution in [0.4, 0.5) is 23.5 Å². The van der Waals surface area contributed by atoms with Gasteiger partial charge in [0.1, 0.15) is 0 Å². The third kappa shape index (κ3) is 4.00. The van der Waals surface area contributed by atoms with Gasteiger partial charge in [0.25, 0.3) is 5.69 Å². The Hall–Kier alpha value is -3.30. The van der Waals surface area contributed by atoms with Crippen molar-refractivity contribution in [1.82, 2.24) is 15.0 Å². The van der Waals surface area contributed by atoms with E-state index in [1.54, 1.807) is 18.2 Å². The number of hydrazone groups is 1. The van der Waals surface area contributed by atoms with Crippen LogP contribution in [0.3, 0.4) is 0 Å². The third-order valence-electron chi connectivity index (χ3n) is 4.89. The highest BCUT2D eigenvalue weighted by Gasteiger charge is 2.21. The molecule has 0 spiro atoms. The number of nitrogens with zero attached hydrogens (tertiary/aromatic N) is 7. The van der Waals surface area contributed by atoms with Gasteiger partial charge < -0.3 is 9.80 Å². The van der Waals surface area contributed by atoms with Crippen LogP contribution in [0.2, 0.25) is 0 Å². The molecule has 2 aliphatic rings. The lowest BCUT2D eigenvalue weighted by molar-refractivity contribution is -0.385. The highest BCUT2D eigenvalue weighted by Crippen LogP contribution is 2.23. The molecule has 0 atom stereocenters. The molecule has 146 valence electrons. The van der Waals surface area contributed by atoms with Crippen LogP contribution < -0.4 is 15.2 Å². The topological polar surface area (TPSA) is 113 Å². The molecule has 2 fully saturated rings. The average molecular weight is 382 g/mol. The van der Waals surface area contributed by atoms with E-state index in [1.165, 1.54) is 12.3 Å². The number of anilines is 3. The van der Waals surface area contributed by atoms with E-state index in [-0.39, 0.29) is 5.69 Å². The van der Waals surface area contributed by atoms with Gasteiger partial charge in [-0.15, -0.1) is 0 Å². The maximum atomic E-state index is 11.1. The van der Waals surface area contributed by atoms with E-state index in [1.807, 2.05) is 0 Å². The molecule has 0 bridgehead atoms. The lowest BCUT2D eigenvalue weighted by atomic mass is 10.2. The fourth-order valence-electron chi connectivity index (χ4n) is 3.44. The molecule has 3 heterocycles. The molecule has 10 nitrogen and oxygen atoms in total. The van der Waals surface area contributed by atoms with Crippen LogP contribution in [0.15, 0.2) is 29.4 Å². The van der Waals surface area contributed by atoms with Crippen molar-refractivity contribution in [2.75, 3.05) is 41.4 Å². The van der Waals surface area contributed by atoms with Crippen LogP contribution in [-0.4, -0.2) is 52.3 Å². The van der Waals surface area contributed by atoms with E-state index in [9.17, 15) is 10.1 Å². The minimum Gasteiger partial charge on any atom is -0.341 e. The van der Waals surface area contributed by atoms with Crippen molar-refractivity contribution >= 4 is 29.7 Å². The largest absolute Gasteiger partial charge is 0.341 e. The second-order valence-electron chi connectivity index (χ2n) is 6.83. The van der Waals surface area contributed by atoms with Crippen LogP contribution in [0.25, 0.3) is 0 Å². The van der Waals surface area contributed by atoms with Gasteiger partial charge in [-0.05, 0) is 31.7 Å². The van der Waals surface area contributed by atoms with Crippen molar-refractivity contribution < 1.29 is 4.92 Å². The smallest absolute Gasteiger partial charge is 0.278 e. The summed E-state index contributed by atoms with van der Waals surface area (Å²) in [6.07, 6.45) is 5.92. The maximum Gasteiger partial charge on any atom is 0.278 e. The van der Waals surface area contributed by atoms with Gasteiger partial charge in [-0.1, -0.05) is 12.1 Å². The van der Waals surface area contributed by atoms with Crippen molar-refractivity contribution in [3.8, 4) is 0 Å². The number of para-hydroxylation sites is 1. The van der Waals surface area contributed by atoms with Gasteiger partial charge in [-0.2, -0.15) is 20.1 Å². The number of nitrogens with one attached hydrogen (secondary N) is 1. The molecule has 0 aliphatic carbocycles. The summed E-state index contributed by atoms with van der Waals surface area (Å²) >= 11 is 0. The molecule has 0 saturated carbocycles. The zero-order chi connectivity index (χ0) is 19.3. The highest BCUT2D eigenvalue weighted by atomic mass is 16.6. The van der Waals surface area contributed by atoms with Crippen LogP contribution in [0, 0.1) is 10.1 Å². The van der Waals surface area contributed by atoms with Crippen molar-refractivity contribution in [3.05, 3.63) is 39.9 Å². The summed E-state index contributed by atoms with van der Waals surface area (Å²) in [4.78, 5) is 28.6. The standard InChI is InChI=1S/C18H22N8O2/c27-26(28)15-8-2-1-7-14(15)13-19-23-16-20-17(24-9-3-4-10-24)22-18(21-16)25-11-5-6-12-25/h1-2,7-8,13H,3-6,9-12H2,(H,20,21,22,23)/b19-13+. The molecule has 2 aliphatic heterocycles. The third-order valence-corrected chi connectivity index (χ3v) is 4.89. The Kier molecular flexibility index (Phi) is 5.27. The summed E-state index contributed by atoms with van der Waals surface area (Å²) < 4.78 is 0. The molecular weight excluding hydrogens is 360 g/mol. The Balaban J connectivity index is 1.57. The van der Waals surface area contributed by atoms with E-state index in [2.05, 4.69) is 35.3 Å². The Morgan fingerprint density at radius 2 is 1.54 bits per heavy atom. The first-order chi connectivity index (χ1) is 13.7. The number of benzene rings is 1. The maximum absolute atomic E-state index is 11.1. The average Bonchev–Trinajstić information content (AvgIpc) is 3.42. The van der Waals surface area contributed by atoms with Gasteiger partial charge in [-0.3, -0.25) is 10.1 Å². The highest BCUT2D eigenvalue weighted by molar-refractivity contribution is 5.85. The molecular formula is C18H22N8O2. The van der Waals surface area contributed by atoms with Gasteiger partial charge >= 0.3 is 0 Å². The lowest BCUT2D eigenvalue weighted by Gasteiger charge is -2.20. The minimum atomic E-state index is -0.429. The number of hydrogen-bond donors (Lipinski definition) is 1. The molecule has 0 amide bonds. The Labute approximate surface area is 162 Å². The van der Waals surface area contributed by atoms with Crippen LogP contribution >= 0.6 is 0 Å². The minimum absolute atomic E-state index is 0.000733. The van der Waals surface area contributed by atoms with Crippen molar-refractivity contribution in [1.29, 1.82) is 0 Å². The van der Waals surface area contributed by atoms with Gasteiger partial charge in [0, 0.05) is 32.2 Å². The fraction of sp³-hybridized carbons (Fsp3) is 0.444. The zero-order valence-electron chi connectivity index (χ0n) is 15.5. The molecule has 2 saturated heterocycles. The molecule has 2 aromatic rings. The lowest BCUT2D eigenvalue weighted by Crippen LogP contribution is -2.25. The number of hydrogen-bond acceptors (Lipinski definition) is 9. The van der Waals surface area contributed by atoms with Crippen LogP contribution in [-0.2, 0) is 0 Å². The molecule has 4 rings (SSSR count). The first-order valence-electron chi connectivity index (χ1n) is 9.49. The van der Waals surface area contributed by atoms with E-state index in [0.717, 1.165) is 51.9 Å². The van der Waals surface area contributed by atoms with Gasteiger partial charge in [0.2, 0.25) is 17.8 Å². The van der Waals surface area contributed by atoms with E-state index < -0.39 is 4.92 Å². The number of nitro benzene ring substituents is 1. The summed E-state index contributed by atoms with van der Waals surface area (Å²) in [5.74, 6) is 1.64. The van der Waals surface area contributed by atoms with Crippen molar-refractivity contribution in [3.63, 3.8) is 0 Å². The first kappa shape index (κ1) is 18.1. The normalized spacial score (nSPS) is 16.9. The first-order valence-corrected chi connectivity index (χ1v) is 9.49. The number of aromatic nitrogens is 3. The van der Waals surface area contributed by atoms with Gasteiger partial charge in [0.05, 0.1) is 16.7 Å². The fourth-order valence-corrected chi connectivity index (χ4v) is 3.44. The molecule has 0 unspecified atom stereocenters. The second-order valence-corrected chi connectivity index (χ2v) is 6.83. The summed E-state index contributed by atoms with van der Waals surface area (Å²) in [7, 11) is 0. The van der Waals surface area contributed by atoms with Crippen LogP contribution in [0.1, 0.15) is 31.2 Å². The summed E-state index contributed by atoms with van der Waals surface area (Å²) in [6.45, 7) is 3.73. The SMILES string of the molecule is O=[N+]([O-])c1ccccc1/C=N/Nc1nc(N2CCCC2)nc(N2CCCC2)n1. The molecule has 1 aromatic heterocycles. The number of nitro groups is 1. The van der Waals surface area contributed by atoms with Crippen molar-refractivity contribution in [2.45, 2.75) is 25.7 Å². The van der Waals surface area contributed by atoms with Crippen LogP contribution in [0.5, 0.6) is 0 Å². The molecule has 1 N–H and O–H groups in total. The molecule has 28 heavy (non-hydrogen) atoms. The van der Waals surface area contributed by atoms with Crippen molar-refractivity contribution in [2.24, 2.45) is 5.10 Å². The summed E-state index contributed by atoms with van der Waals surface area (Å²) in [5.41, 5.74) is 3.23. The van der Waals surface area contributed by atoms with E-state index in [4.69, 9.17) is 0 Å². The molecule has 1 aromatic carbocycles. The quantitative estimate of drug-likeness (QED) is 0.460. The predicted octanol–water partition coefficient (Wildman–Crippen LogP) is 2.43. The molecule has 0 radical (unpaired) electrons. The Bertz CT molecular complexity index is 841. The van der Waals surface area contributed by atoms with E-state index >= 15 is 0 Å². The Morgan fingerprint density at radius 1 is 0.964 bits per heavy atom. The van der Waals surface area contributed by atoms with Gasteiger partial charge in [0.15, 0.2) is 0 Å². The summed E-state index contributed by atoms with van der Waals surface area (Å²) in [6, 6.07) is 6.44. The zero-order valence-corrected chi connectivity index (χ0v) is 15.5. The number of rotatable bonds is 6. The molecule has 10 heteroatoms. The summed E-state index contributed by atoms with van der Waals surface area (Å²) in [5, 5.41) is 15.2. The predicted molar refractivity (Wildman–Crippen MR) is 107 cm³/mol. The second kappa shape index (κ2) is 8.15. The Morgan fingerprint density at radius 3 is 2.11 bits per heavy atom. The van der Waals surface area contributed by atoms with E-state index in [0.29, 0.717) is 23.4 Å².